The molecule has 5 aromatic heterocycles. The van der Waals surface area contributed by atoms with Gasteiger partial charge in [0.2, 0.25) is 0 Å². The lowest BCUT2D eigenvalue weighted by Gasteiger charge is -2.32. The molecular formula is C50H56F3N9O7. The number of alkyl halides is 3. The fourth-order valence-corrected chi connectivity index (χ4v) is 9.23. The third-order valence-electron chi connectivity index (χ3n) is 12.9. The molecule has 0 radical (unpaired) electrons. The van der Waals surface area contributed by atoms with Crippen LogP contribution in [0.15, 0.2) is 107 Å². The largest absolute Gasteiger partial charge is 0.503 e. The minimum Gasteiger partial charge on any atom is -0.503 e. The maximum atomic E-state index is 13.9. The van der Waals surface area contributed by atoms with E-state index >= 15 is 0 Å². The van der Waals surface area contributed by atoms with Crippen molar-refractivity contribution in [3.8, 4) is 11.5 Å². The molecule has 0 saturated heterocycles. The summed E-state index contributed by atoms with van der Waals surface area (Å²) in [6, 6.07) is 6.45. The molecule has 2 fully saturated rings. The number of nitrogens with zero attached hydrogens (tertiary/aromatic N) is 7. The highest BCUT2D eigenvalue weighted by molar-refractivity contribution is 5.93. The third-order valence-corrected chi connectivity index (χ3v) is 12.9. The van der Waals surface area contributed by atoms with Crippen LogP contribution in [0.1, 0.15) is 117 Å². The molecule has 19 heteroatoms. The van der Waals surface area contributed by atoms with Gasteiger partial charge in [-0.15, -0.1) is 0 Å². The van der Waals surface area contributed by atoms with Crippen molar-refractivity contribution in [2.24, 2.45) is 10.8 Å². The zero-order valence-electron chi connectivity index (χ0n) is 39.0. The minimum absolute atomic E-state index is 0.0334. The molecule has 0 bridgehead atoms. The number of hydrogen-bond acceptors (Lipinski definition) is 11. The second kappa shape index (κ2) is 20.6. The molecule has 3 aliphatic rings. The lowest BCUT2D eigenvalue weighted by Crippen LogP contribution is -2.35. The molecular weight excluding hydrogens is 896 g/mol. The predicted octanol–water partition coefficient (Wildman–Crippen LogP) is 7.56. The molecule has 2 saturated carbocycles. The Kier molecular flexibility index (Phi) is 14.8. The molecule has 0 unspecified atom stereocenters. The fraction of sp³-hybridized carbons (Fsp3) is 0.420. The SMILES string of the molecule is CNC(=O)c1nn(CCC2(n3cc(C(F)(F)F)c4cccnc43)CCCC2)cc(OC(=O)C(C)(C)C)c1=O.O=C(NCc1ccncc1)c1nn(CC2(C3=CCC=CC=C3)CCCC2)cc(O)c1=O. The number of aryl methyl sites for hydroxylation is 1. The molecule has 3 aliphatic carbocycles. The molecule has 0 atom stereocenters. The van der Waals surface area contributed by atoms with E-state index in [9.17, 15) is 42.3 Å². The highest BCUT2D eigenvalue weighted by Gasteiger charge is 2.42. The smallest absolute Gasteiger partial charge is 0.418 e. The van der Waals surface area contributed by atoms with Crippen LogP contribution < -0.4 is 26.2 Å². The first-order valence-electron chi connectivity index (χ1n) is 23.0. The number of aromatic hydroxyl groups is 1. The average molecular weight is 952 g/mol. The second-order valence-corrected chi connectivity index (χ2v) is 18.7. The molecule has 5 aromatic rings. The summed E-state index contributed by atoms with van der Waals surface area (Å²) in [6.07, 6.45) is 22.8. The Balaban J connectivity index is 0.000000208. The van der Waals surface area contributed by atoms with Gasteiger partial charge in [-0.05, 0) is 94.7 Å². The van der Waals surface area contributed by atoms with Gasteiger partial charge in [0.15, 0.2) is 22.9 Å². The second-order valence-electron chi connectivity index (χ2n) is 18.7. The first-order chi connectivity index (χ1) is 32.8. The first-order valence-corrected chi connectivity index (χ1v) is 23.0. The monoisotopic (exact) mass is 951 g/mol. The van der Waals surface area contributed by atoms with Crippen molar-refractivity contribution >= 4 is 28.8 Å². The van der Waals surface area contributed by atoms with Crippen molar-refractivity contribution in [1.29, 1.82) is 0 Å². The van der Waals surface area contributed by atoms with Gasteiger partial charge < -0.3 is 25.0 Å². The van der Waals surface area contributed by atoms with Gasteiger partial charge in [-0.3, -0.25) is 38.3 Å². The van der Waals surface area contributed by atoms with Gasteiger partial charge >= 0.3 is 12.1 Å². The summed E-state index contributed by atoms with van der Waals surface area (Å²) >= 11 is 0. The maximum Gasteiger partial charge on any atom is 0.418 e. The number of aromatic nitrogens is 7. The van der Waals surface area contributed by atoms with Crippen LogP contribution in [0, 0.1) is 10.8 Å². The standard InChI is InChI=1S/C26H30F3N5O4.C24H26N4O3/c1-24(2,3)23(37)38-18-15-33(32-19(20(18)35)22(36)30-4)13-11-25(9-5-6-10-25)34-14-17(26(27,28)29)16-8-7-12-31-21(16)34;29-20-16-28(17-24(11-5-6-12-24)19-7-3-1-2-4-8-19)27-21(22(20)30)23(31)26-15-18-9-13-25-14-10-18/h7-8,12,14-15H,5-6,9-11,13H2,1-4H3,(H,30,36);1-3,7-10,13-14,16,29H,4-6,11-12,15,17H2,(H,26,31). The number of nitrogens with one attached hydrogen (secondary N) is 2. The number of amides is 2. The van der Waals surface area contributed by atoms with Crippen LogP contribution >= 0.6 is 0 Å². The van der Waals surface area contributed by atoms with E-state index in [1.807, 2.05) is 12.2 Å². The zero-order chi connectivity index (χ0) is 49.6. The summed E-state index contributed by atoms with van der Waals surface area (Å²) in [7, 11) is 1.34. The Labute approximate surface area is 396 Å². The number of ether oxygens (including phenoxy) is 1. The van der Waals surface area contributed by atoms with Crippen LogP contribution in [0.25, 0.3) is 11.0 Å². The molecule has 0 spiro atoms. The number of allylic oxidation sites excluding steroid dienone is 6. The van der Waals surface area contributed by atoms with Gasteiger partial charge in [0.05, 0.1) is 29.9 Å². The average Bonchev–Trinajstić information content (AvgIpc) is 4.05. The van der Waals surface area contributed by atoms with E-state index in [2.05, 4.69) is 49.0 Å². The number of esters is 1. The normalized spacial score (nSPS) is 16.3. The van der Waals surface area contributed by atoms with Crippen molar-refractivity contribution in [2.45, 2.75) is 116 Å². The lowest BCUT2D eigenvalue weighted by molar-refractivity contribution is -0.143. The van der Waals surface area contributed by atoms with Gasteiger partial charge in [-0.25, -0.2) is 4.98 Å². The van der Waals surface area contributed by atoms with Crippen LogP contribution in [-0.2, 0) is 36.1 Å². The van der Waals surface area contributed by atoms with Crippen LogP contribution in [-0.4, -0.2) is 64.0 Å². The Hall–Kier alpha value is -7.18. The van der Waals surface area contributed by atoms with E-state index in [1.54, 1.807) is 54.5 Å². The number of carbonyl (C=O) groups is 3. The lowest BCUT2D eigenvalue weighted by atomic mass is 9.77. The van der Waals surface area contributed by atoms with Gasteiger partial charge in [0.1, 0.15) is 5.65 Å². The van der Waals surface area contributed by atoms with Gasteiger partial charge in [0.25, 0.3) is 22.7 Å². The van der Waals surface area contributed by atoms with E-state index in [0.717, 1.165) is 56.7 Å². The van der Waals surface area contributed by atoms with E-state index in [0.29, 0.717) is 25.8 Å². The molecule has 69 heavy (non-hydrogen) atoms. The van der Waals surface area contributed by atoms with Crippen molar-refractivity contribution in [3.63, 3.8) is 0 Å². The summed E-state index contributed by atoms with van der Waals surface area (Å²) in [5.41, 5.74) is -2.43. The summed E-state index contributed by atoms with van der Waals surface area (Å²) in [5, 5.41) is 23.8. The minimum atomic E-state index is -4.54. The Morgan fingerprint density at radius 1 is 0.855 bits per heavy atom. The molecule has 16 nitrogen and oxygen atoms in total. The van der Waals surface area contributed by atoms with Crippen molar-refractivity contribution in [1.82, 2.24) is 44.7 Å². The van der Waals surface area contributed by atoms with E-state index < -0.39 is 62.8 Å². The number of rotatable bonds is 12. The molecule has 2 amide bonds. The van der Waals surface area contributed by atoms with E-state index in [1.165, 1.54) is 48.0 Å². The number of halogens is 3. The van der Waals surface area contributed by atoms with Gasteiger partial charge in [-0.2, -0.15) is 23.4 Å². The van der Waals surface area contributed by atoms with Crippen LogP contribution in [0.3, 0.4) is 0 Å². The topological polar surface area (TPSA) is 205 Å². The summed E-state index contributed by atoms with van der Waals surface area (Å²) in [5.74, 6) is -2.82. The molecule has 8 rings (SSSR count). The van der Waals surface area contributed by atoms with Crippen molar-refractivity contribution in [3.05, 3.63) is 140 Å². The molecule has 364 valence electrons. The van der Waals surface area contributed by atoms with Gasteiger partial charge in [-0.1, -0.05) is 56.1 Å². The number of carbonyl (C=O) groups excluding carboxylic acids is 3. The number of hydrogen-bond donors (Lipinski definition) is 3. The van der Waals surface area contributed by atoms with Crippen molar-refractivity contribution < 1.29 is 37.4 Å². The summed E-state index contributed by atoms with van der Waals surface area (Å²) in [4.78, 5) is 71.0. The highest BCUT2D eigenvalue weighted by Crippen LogP contribution is 2.47. The van der Waals surface area contributed by atoms with E-state index in [-0.39, 0.29) is 41.0 Å². The predicted molar refractivity (Wildman–Crippen MR) is 250 cm³/mol. The Morgan fingerprint density at radius 2 is 1.54 bits per heavy atom. The van der Waals surface area contributed by atoms with Crippen LogP contribution in [0.5, 0.6) is 11.5 Å². The van der Waals surface area contributed by atoms with Crippen LogP contribution in [0.4, 0.5) is 13.2 Å². The van der Waals surface area contributed by atoms with Crippen LogP contribution in [0.2, 0.25) is 0 Å². The first kappa shape index (κ1) is 49.7. The molecule has 3 N–H and O–H groups in total. The van der Waals surface area contributed by atoms with Gasteiger partial charge in [0, 0.05) is 61.3 Å². The third kappa shape index (κ3) is 11.2. The highest BCUT2D eigenvalue weighted by atomic mass is 19.4. The number of fused-ring (bicyclic) bond motifs is 1. The quantitative estimate of drug-likeness (QED) is 0.104. The Bertz CT molecular complexity index is 2920. The summed E-state index contributed by atoms with van der Waals surface area (Å²) < 4.78 is 51.4. The molecule has 0 aromatic carbocycles. The molecule has 0 aliphatic heterocycles. The number of pyridine rings is 2. The molecule has 5 heterocycles. The summed E-state index contributed by atoms with van der Waals surface area (Å²) in [6.45, 7) is 5.78. The van der Waals surface area contributed by atoms with E-state index in [4.69, 9.17) is 4.74 Å². The maximum absolute atomic E-state index is 13.9. The van der Waals surface area contributed by atoms with Crippen molar-refractivity contribution in [2.75, 3.05) is 7.05 Å². The fourth-order valence-electron chi connectivity index (χ4n) is 9.23. The Morgan fingerprint density at radius 3 is 2.22 bits per heavy atom. The zero-order valence-corrected chi connectivity index (χ0v) is 39.0.